The molecule has 6 nitrogen and oxygen atoms in total. The van der Waals surface area contributed by atoms with Crippen LogP contribution >= 0.6 is 0 Å². The van der Waals surface area contributed by atoms with Gasteiger partial charge in [-0.2, -0.15) is 0 Å². The minimum absolute atomic E-state index is 0.0330. The van der Waals surface area contributed by atoms with Crippen LogP contribution in [-0.4, -0.2) is 28.6 Å². The summed E-state index contributed by atoms with van der Waals surface area (Å²) in [5.41, 5.74) is 0.341. The number of rotatable bonds is 6. The summed E-state index contributed by atoms with van der Waals surface area (Å²) in [4.78, 5) is 22.5. The molecule has 0 aliphatic carbocycles. The van der Waals surface area contributed by atoms with Gasteiger partial charge < -0.3 is 10.4 Å². The summed E-state index contributed by atoms with van der Waals surface area (Å²) in [6.45, 7) is 3.44. The number of hydrogen-bond donors (Lipinski definition) is 2. The van der Waals surface area contributed by atoms with Crippen molar-refractivity contribution < 1.29 is 14.8 Å². The smallest absolute Gasteiger partial charge is 0.285 e. The Labute approximate surface area is 111 Å². The van der Waals surface area contributed by atoms with Gasteiger partial charge in [0.25, 0.3) is 11.6 Å². The molecule has 2 N–H and O–H groups in total. The number of nitro groups is 1. The van der Waals surface area contributed by atoms with Crippen molar-refractivity contribution in [2.24, 2.45) is 0 Å². The van der Waals surface area contributed by atoms with Gasteiger partial charge in [-0.1, -0.05) is 19.1 Å². The Bertz CT molecular complexity index is 474. The van der Waals surface area contributed by atoms with Crippen LogP contribution in [0.3, 0.4) is 0 Å². The van der Waals surface area contributed by atoms with Gasteiger partial charge >= 0.3 is 0 Å². The lowest BCUT2D eigenvalue weighted by atomic mass is 10.1. The third-order valence-corrected chi connectivity index (χ3v) is 2.97. The predicted molar refractivity (Wildman–Crippen MR) is 71.1 cm³/mol. The summed E-state index contributed by atoms with van der Waals surface area (Å²) < 4.78 is 0. The number of nitrogens with one attached hydrogen (secondary N) is 1. The van der Waals surface area contributed by atoms with Crippen molar-refractivity contribution in [3.05, 3.63) is 39.4 Å². The number of carbonyl (C=O) groups excluding carboxylic acids is 1. The lowest BCUT2D eigenvalue weighted by Gasteiger charge is -2.15. The maximum atomic E-state index is 12.1. The number of benzene rings is 1. The molecule has 1 aromatic rings. The van der Waals surface area contributed by atoms with Gasteiger partial charge in [0.05, 0.1) is 4.92 Å². The van der Waals surface area contributed by atoms with Crippen LogP contribution in [0, 0.1) is 17.0 Å². The first kappa shape index (κ1) is 15.1. The number of nitro benzene ring substituents is 1. The van der Waals surface area contributed by atoms with Crippen molar-refractivity contribution in [1.29, 1.82) is 0 Å². The van der Waals surface area contributed by atoms with Crippen LogP contribution in [0.2, 0.25) is 0 Å². The maximum absolute atomic E-state index is 12.1. The third-order valence-electron chi connectivity index (χ3n) is 2.97. The summed E-state index contributed by atoms with van der Waals surface area (Å²) in [6, 6.07) is 4.47. The van der Waals surface area contributed by atoms with E-state index in [0.717, 1.165) is 0 Å². The van der Waals surface area contributed by atoms with Gasteiger partial charge in [-0.15, -0.1) is 0 Å². The van der Waals surface area contributed by atoms with E-state index < -0.39 is 10.8 Å². The Morgan fingerprint density at radius 1 is 1.53 bits per heavy atom. The van der Waals surface area contributed by atoms with Crippen molar-refractivity contribution >= 4 is 11.6 Å². The number of aliphatic hydroxyl groups is 1. The molecular formula is C13H18N2O4. The summed E-state index contributed by atoms with van der Waals surface area (Å²) in [5, 5.41) is 22.6. The maximum Gasteiger partial charge on any atom is 0.285 e. The largest absolute Gasteiger partial charge is 0.396 e. The molecule has 0 aliphatic heterocycles. The first-order chi connectivity index (χ1) is 9.01. The summed E-state index contributed by atoms with van der Waals surface area (Å²) >= 11 is 0. The van der Waals surface area contributed by atoms with E-state index in [-0.39, 0.29) is 23.9 Å². The number of aliphatic hydroxyl groups excluding tert-OH is 1. The summed E-state index contributed by atoms with van der Waals surface area (Å²) in [6.07, 6.45) is 1.09. The Hall–Kier alpha value is -1.95. The van der Waals surface area contributed by atoms with Gasteiger partial charge in [0.2, 0.25) is 0 Å². The fraction of sp³-hybridized carbons (Fsp3) is 0.462. The number of amides is 1. The molecule has 1 amide bonds. The highest BCUT2D eigenvalue weighted by Crippen LogP contribution is 2.23. The zero-order valence-corrected chi connectivity index (χ0v) is 11.0. The van der Waals surface area contributed by atoms with Crippen LogP contribution in [0.25, 0.3) is 0 Å². The van der Waals surface area contributed by atoms with Gasteiger partial charge in [0.15, 0.2) is 0 Å². The van der Waals surface area contributed by atoms with E-state index in [0.29, 0.717) is 18.4 Å². The van der Waals surface area contributed by atoms with E-state index in [1.54, 1.807) is 19.1 Å². The van der Waals surface area contributed by atoms with Crippen molar-refractivity contribution in [2.75, 3.05) is 6.61 Å². The van der Waals surface area contributed by atoms with E-state index in [1.807, 2.05) is 6.92 Å². The second-order valence-electron chi connectivity index (χ2n) is 4.32. The number of nitrogens with zero attached hydrogens (tertiary/aromatic N) is 1. The average molecular weight is 266 g/mol. The molecule has 1 atom stereocenters. The highest BCUT2D eigenvalue weighted by Gasteiger charge is 2.23. The van der Waals surface area contributed by atoms with Crippen molar-refractivity contribution in [1.82, 2.24) is 5.32 Å². The molecule has 0 aliphatic rings. The number of carbonyl (C=O) groups is 1. The van der Waals surface area contributed by atoms with Crippen LogP contribution in [0.1, 0.15) is 35.7 Å². The second kappa shape index (κ2) is 6.84. The molecule has 0 saturated heterocycles. The predicted octanol–water partition coefficient (Wildman–Crippen LogP) is 1.79. The summed E-state index contributed by atoms with van der Waals surface area (Å²) in [7, 11) is 0. The van der Waals surface area contributed by atoms with E-state index >= 15 is 0 Å². The quantitative estimate of drug-likeness (QED) is 0.606. The fourth-order valence-electron chi connectivity index (χ4n) is 1.88. The number of aryl methyl sites for hydroxylation is 1. The van der Waals surface area contributed by atoms with Crippen molar-refractivity contribution in [2.45, 2.75) is 32.7 Å². The molecule has 0 saturated carbocycles. The molecule has 0 aromatic heterocycles. The van der Waals surface area contributed by atoms with E-state index in [1.165, 1.54) is 6.07 Å². The van der Waals surface area contributed by atoms with Crippen LogP contribution in [0.5, 0.6) is 0 Å². The van der Waals surface area contributed by atoms with E-state index in [9.17, 15) is 14.9 Å². The molecule has 1 aromatic carbocycles. The normalized spacial score (nSPS) is 11.9. The molecule has 1 rings (SSSR count). The first-order valence-electron chi connectivity index (χ1n) is 6.17. The van der Waals surface area contributed by atoms with E-state index in [4.69, 9.17) is 5.11 Å². The Morgan fingerprint density at radius 2 is 2.21 bits per heavy atom. The molecule has 19 heavy (non-hydrogen) atoms. The molecule has 104 valence electrons. The molecule has 0 bridgehead atoms. The lowest BCUT2D eigenvalue weighted by Crippen LogP contribution is -2.35. The Balaban J connectivity index is 3.00. The SMILES string of the molecule is CCC(CCO)NC(=O)c1cccc(C)c1[N+](=O)[O-]. The van der Waals surface area contributed by atoms with Gasteiger partial charge in [-0.3, -0.25) is 14.9 Å². The zero-order chi connectivity index (χ0) is 14.4. The molecule has 6 heteroatoms. The molecule has 0 fully saturated rings. The molecular weight excluding hydrogens is 248 g/mol. The third kappa shape index (κ3) is 3.75. The van der Waals surface area contributed by atoms with Crippen molar-refractivity contribution in [3.8, 4) is 0 Å². The highest BCUT2D eigenvalue weighted by molar-refractivity contribution is 5.98. The number of hydrogen-bond acceptors (Lipinski definition) is 4. The number of para-hydroxylation sites is 1. The standard InChI is InChI=1S/C13H18N2O4/c1-3-10(7-8-16)14-13(17)11-6-4-5-9(2)12(11)15(18)19/h4-6,10,16H,3,7-8H2,1-2H3,(H,14,17). The highest BCUT2D eigenvalue weighted by atomic mass is 16.6. The Morgan fingerprint density at radius 3 is 2.74 bits per heavy atom. The zero-order valence-electron chi connectivity index (χ0n) is 11.0. The van der Waals surface area contributed by atoms with Crippen LogP contribution in [-0.2, 0) is 0 Å². The Kier molecular flexibility index (Phi) is 5.44. The second-order valence-corrected chi connectivity index (χ2v) is 4.32. The topological polar surface area (TPSA) is 92.5 Å². The summed E-state index contributed by atoms with van der Waals surface area (Å²) in [5.74, 6) is -0.476. The van der Waals surface area contributed by atoms with Gasteiger partial charge in [0.1, 0.15) is 5.56 Å². The van der Waals surface area contributed by atoms with Crippen LogP contribution < -0.4 is 5.32 Å². The molecule has 0 heterocycles. The van der Waals surface area contributed by atoms with Gasteiger partial charge in [-0.25, -0.2) is 0 Å². The van der Waals surface area contributed by atoms with Gasteiger partial charge in [0, 0.05) is 18.2 Å². The minimum atomic E-state index is -0.544. The van der Waals surface area contributed by atoms with Crippen LogP contribution in [0.15, 0.2) is 18.2 Å². The monoisotopic (exact) mass is 266 g/mol. The molecule has 0 radical (unpaired) electrons. The minimum Gasteiger partial charge on any atom is -0.396 e. The van der Waals surface area contributed by atoms with Gasteiger partial charge in [-0.05, 0) is 25.8 Å². The fourth-order valence-corrected chi connectivity index (χ4v) is 1.88. The van der Waals surface area contributed by atoms with Crippen LogP contribution in [0.4, 0.5) is 5.69 Å². The molecule has 1 unspecified atom stereocenters. The molecule has 0 spiro atoms. The average Bonchev–Trinajstić information content (AvgIpc) is 2.37. The van der Waals surface area contributed by atoms with E-state index in [2.05, 4.69) is 5.32 Å². The first-order valence-corrected chi connectivity index (χ1v) is 6.17. The lowest BCUT2D eigenvalue weighted by molar-refractivity contribution is -0.385. The van der Waals surface area contributed by atoms with Crippen molar-refractivity contribution in [3.63, 3.8) is 0 Å².